The Kier molecular flexibility index (Phi) is 3.35. The van der Waals surface area contributed by atoms with Gasteiger partial charge in [-0.05, 0) is 18.9 Å². The highest BCUT2D eigenvalue weighted by Crippen LogP contribution is 2.21. The summed E-state index contributed by atoms with van der Waals surface area (Å²) >= 11 is 0. The molecule has 1 aliphatic heterocycles. The van der Waals surface area contributed by atoms with Gasteiger partial charge in [0.05, 0.1) is 5.69 Å². The van der Waals surface area contributed by atoms with Crippen molar-refractivity contribution in [3.63, 3.8) is 0 Å². The quantitative estimate of drug-likeness (QED) is 0.828. The number of hydrogen-bond donors (Lipinski definition) is 1. The minimum atomic E-state index is -3.41. The molecule has 0 radical (unpaired) electrons. The van der Waals surface area contributed by atoms with Gasteiger partial charge in [-0.25, -0.2) is 8.42 Å². The molecule has 1 N–H and O–H groups in total. The predicted octanol–water partition coefficient (Wildman–Crippen LogP) is 1.39. The zero-order chi connectivity index (χ0) is 12.5. The molecular weight excluding hydrogens is 240 g/mol. The fourth-order valence-electron chi connectivity index (χ4n) is 1.95. The Morgan fingerprint density at radius 2 is 2.06 bits per heavy atom. The van der Waals surface area contributed by atoms with Crippen LogP contribution in [-0.4, -0.2) is 36.6 Å². The van der Waals surface area contributed by atoms with Gasteiger partial charge in [0.2, 0.25) is 10.0 Å². The van der Waals surface area contributed by atoms with Crippen LogP contribution in [0.5, 0.6) is 0 Å². The first-order valence-electron chi connectivity index (χ1n) is 5.77. The third kappa shape index (κ3) is 2.28. The summed E-state index contributed by atoms with van der Waals surface area (Å²) in [5, 5.41) is 0. The standard InChI is InChI=1S/C11H16N2O3S/c1-2-11(14)10-7-9(8-12-10)17(15,16)13-5-3-4-6-13/h7-8,12H,2-6H2,1H3. The second kappa shape index (κ2) is 4.62. The maximum atomic E-state index is 12.2. The van der Waals surface area contributed by atoms with Crippen molar-refractivity contribution in [1.82, 2.24) is 9.29 Å². The van der Waals surface area contributed by atoms with Gasteiger partial charge in [-0.2, -0.15) is 4.31 Å². The van der Waals surface area contributed by atoms with E-state index in [4.69, 9.17) is 0 Å². The molecule has 6 heteroatoms. The van der Waals surface area contributed by atoms with Crippen LogP contribution >= 0.6 is 0 Å². The number of hydrogen-bond acceptors (Lipinski definition) is 3. The third-order valence-electron chi connectivity index (χ3n) is 2.98. The summed E-state index contributed by atoms with van der Waals surface area (Å²) in [7, 11) is -3.41. The Balaban J connectivity index is 2.27. The number of ketones is 1. The Morgan fingerprint density at radius 1 is 1.41 bits per heavy atom. The van der Waals surface area contributed by atoms with E-state index in [1.807, 2.05) is 0 Å². The van der Waals surface area contributed by atoms with Gasteiger partial charge < -0.3 is 4.98 Å². The summed E-state index contributed by atoms with van der Waals surface area (Å²) in [5.41, 5.74) is 0.366. The summed E-state index contributed by atoms with van der Waals surface area (Å²) in [6.45, 7) is 2.90. The fraction of sp³-hybridized carbons (Fsp3) is 0.545. The molecule has 17 heavy (non-hydrogen) atoms. The molecule has 2 rings (SSSR count). The molecule has 0 amide bonds. The number of nitrogens with zero attached hydrogens (tertiary/aromatic N) is 1. The summed E-state index contributed by atoms with van der Waals surface area (Å²) in [4.78, 5) is 14.4. The number of aromatic amines is 1. The van der Waals surface area contributed by atoms with Crippen molar-refractivity contribution in [3.8, 4) is 0 Å². The van der Waals surface area contributed by atoms with Crippen molar-refractivity contribution in [2.24, 2.45) is 0 Å². The Morgan fingerprint density at radius 3 is 2.65 bits per heavy atom. The van der Waals surface area contributed by atoms with E-state index in [-0.39, 0.29) is 10.7 Å². The van der Waals surface area contributed by atoms with E-state index in [9.17, 15) is 13.2 Å². The molecule has 1 fully saturated rings. The van der Waals surface area contributed by atoms with Crippen LogP contribution in [0, 0.1) is 0 Å². The monoisotopic (exact) mass is 256 g/mol. The van der Waals surface area contributed by atoms with E-state index in [1.165, 1.54) is 16.6 Å². The van der Waals surface area contributed by atoms with Crippen LogP contribution in [0.2, 0.25) is 0 Å². The van der Waals surface area contributed by atoms with Crippen LogP contribution < -0.4 is 0 Å². The summed E-state index contributed by atoms with van der Waals surface area (Å²) in [5.74, 6) is -0.0760. The second-order valence-corrected chi connectivity index (χ2v) is 6.07. The Bertz CT molecular complexity index is 513. The summed E-state index contributed by atoms with van der Waals surface area (Å²) in [6, 6.07) is 1.43. The number of carbonyl (C=O) groups is 1. The van der Waals surface area contributed by atoms with Gasteiger partial charge in [-0.3, -0.25) is 4.79 Å². The van der Waals surface area contributed by atoms with Crippen LogP contribution in [0.25, 0.3) is 0 Å². The van der Waals surface area contributed by atoms with Crippen LogP contribution in [0.1, 0.15) is 36.7 Å². The maximum absolute atomic E-state index is 12.2. The van der Waals surface area contributed by atoms with Gasteiger partial charge in [-0.1, -0.05) is 6.92 Å². The van der Waals surface area contributed by atoms with Gasteiger partial charge in [0.15, 0.2) is 5.78 Å². The molecule has 0 atom stereocenters. The smallest absolute Gasteiger partial charge is 0.244 e. The van der Waals surface area contributed by atoms with Crippen molar-refractivity contribution >= 4 is 15.8 Å². The first kappa shape index (κ1) is 12.3. The average Bonchev–Trinajstić information content (AvgIpc) is 2.98. The zero-order valence-electron chi connectivity index (χ0n) is 9.77. The lowest BCUT2D eigenvalue weighted by molar-refractivity contribution is 0.0984. The lowest BCUT2D eigenvalue weighted by Gasteiger charge is -2.13. The molecule has 1 aromatic rings. The lowest BCUT2D eigenvalue weighted by atomic mass is 10.2. The number of carbonyl (C=O) groups excluding carboxylic acids is 1. The first-order valence-corrected chi connectivity index (χ1v) is 7.21. The van der Waals surface area contributed by atoms with Crippen molar-refractivity contribution in [3.05, 3.63) is 18.0 Å². The molecule has 5 nitrogen and oxygen atoms in total. The van der Waals surface area contributed by atoms with Crippen LogP contribution in [0.3, 0.4) is 0 Å². The second-order valence-electron chi connectivity index (χ2n) is 4.14. The normalized spacial score (nSPS) is 17.5. The van der Waals surface area contributed by atoms with Crippen LogP contribution in [0.4, 0.5) is 0 Å². The number of sulfonamides is 1. The van der Waals surface area contributed by atoms with Gasteiger partial charge >= 0.3 is 0 Å². The highest BCUT2D eigenvalue weighted by molar-refractivity contribution is 7.89. The first-order chi connectivity index (χ1) is 8.05. The van der Waals surface area contributed by atoms with E-state index < -0.39 is 10.0 Å². The average molecular weight is 256 g/mol. The van der Waals surface area contributed by atoms with Gasteiger partial charge in [-0.15, -0.1) is 0 Å². The number of rotatable bonds is 4. The minimum Gasteiger partial charge on any atom is -0.357 e. The molecule has 0 unspecified atom stereocenters. The van der Waals surface area contributed by atoms with E-state index in [2.05, 4.69) is 4.98 Å². The SMILES string of the molecule is CCC(=O)c1cc(S(=O)(=O)N2CCCC2)c[nH]1. The van der Waals surface area contributed by atoms with E-state index in [1.54, 1.807) is 6.92 Å². The van der Waals surface area contributed by atoms with Gasteiger partial charge in [0.1, 0.15) is 4.90 Å². The summed E-state index contributed by atoms with van der Waals surface area (Å²) < 4.78 is 25.8. The molecular formula is C11H16N2O3S. The van der Waals surface area contributed by atoms with Crippen molar-refractivity contribution in [1.29, 1.82) is 0 Å². The van der Waals surface area contributed by atoms with Crippen molar-refractivity contribution in [2.75, 3.05) is 13.1 Å². The van der Waals surface area contributed by atoms with E-state index in [0.717, 1.165) is 12.8 Å². The predicted molar refractivity (Wildman–Crippen MR) is 63.4 cm³/mol. The molecule has 1 aliphatic rings. The van der Waals surface area contributed by atoms with Crippen LogP contribution in [-0.2, 0) is 10.0 Å². The number of Topliss-reactive ketones (excluding diaryl/α,β-unsaturated/α-hetero) is 1. The highest BCUT2D eigenvalue weighted by Gasteiger charge is 2.28. The largest absolute Gasteiger partial charge is 0.357 e. The third-order valence-corrected chi connectivity index (χ3v) is 4.86. The molecule has 0 bridgehead atoms. The minimum absolute atomic E-state index is 0.0760. The molecule has 0 aliphatic carbocycles. The molecule has 94 valence electrons. The Hall–Kier alpha value is -1.14. The number of aromatic nitrogens is 1. The van der Waals surface area contributed by atoms with Gasteiger partial charge in [0, 0.05) is 25.7 Å². The van der Waals surface area contributed by atoms with Crippen LogP contribution in [0.15, 0.2) is 17.2 Å². The summed E-state index contributed by atoms with van der Waals surface area (Å²) in [6.07, 6.45) is 3.58. The van der Waals surface area contributed by atoms with Crippen molar-refractivity contribution < 1.29 is 13.2 Å². The molecule has 2 heterocycles. The number of H-pyrrole nitrogens is 1. The zero-order valence-corrected chi connectivity index (χ0v) is 10.6. The molecule has 0 spiro atoms. The lowest BCUT2D eigenvalue weighted by Crippen LogP contribution is -2.27. The van der Waals surface area contributed by atoms with E-state index in [0.29, 0.717) is 25.2 Å². The Labute approximate surface area is 101 Å². The topological polar surface area (TPSA) is 70.2 Å². The fourth-order valence-corrected chi connectivity index (χ4v) is 3.46. The molecule has 1 aromatic heterocycles. The highest BCUT2D eigenvalue weighted by atomic mass is 32.2. The van der Waals surface area contributed by atoms with E-state index >= 15 is 0 Å². The maximum Gasteiger partial charge on any atom is 0.244 e. The molecule has 1 saturated heterocycles. The molecule has 0 saturated carbocycles. The molecule has 0 aromatic carbocycles. The van der Waals surface area contributed by atoms with Gasteiger partial charge in [0.25, 0.3) is 0 Å². The number of nitrogens with one attached hydrogen (secondary N) is 1. The van der Waals surface area contributed by atoms with Crippen molar-refractivity contribution in [2.45, 2.75) is 31.1 Å².